The van der Waals surface area contributed by atoms with E-state index in [1.165, 1.54) is 11.2 Å². The topological polar surface area (TPSA) is 78.0 Å². The van der Waals surface area contributed by atoms with Crippen LogP contribution >= 0.6 is 11.3 Å². The zero-order valence-corrected chi connectivity index (χ0v) is 16.8. The zero-order chi connectivity index (χ0) is 19.1. The summed E-state index contributed by atoms with van der Waals surface area (Å²) in [7, 11) is 0. The summed E-state index contributed by atoms with van der Waals surface area (Å²) in [5.74, 6) is 1.59. The van der Waals surface area contributed by atoms with Gasteiger partial charge in [-0.25, -0.2) is 9.98 Å². The van der Waals surface area contributed by atoms with Gasteiger partial charge in [-0.05, 0) is 30.0 Å². The maximum absolute atomic E-state index is 4.74. The van der Waals surface area contributed by atoms with Gasteiger partial charge in [0.25, 0.3) is 0 Å². The van der Waals surface area contributed by atoms with Crippen molar-refractivity contribution >= 4 is 17.3 Å². The summed E-state index contributed by atoms with van der Waals surface area (Å²) in [6, 6.07) is 12.5. The van der Waals surface area contributed by atoms with Gasteiger partial charge in [0.1, 0.15) is 6.33 Å². The first kappa shape index (κ1) is 19.1. The van der Waals surface area contributed by atoms with E-state index in [-0.39, 0.29) is 5.41 Å². The van der Waals surface area contributed by atoms with Crippen LogP contribution < -0.4 is 10.6 Å². The average Bonchev–Trinajstić information content (AvgIpc) is 3.38. The highest BCUT2D eigenvalue weighted by Crippen LogP contribution is 2.26. The van der Waals surface area contributed by atoms with Gasteiger partial charge < -0.3 is 10.6 Å². The summed E-state index contributed by atoms with van der Waals surface area (Å²) in [5.41, 5.74) is 2.19. The average molecular weight is 383 g/mol. The number of aromatic nitrogens is 3. The van der Waals surface area contributed by atoms with E-state index in [1.54, 1.807) is 11.3 Å². The fourth-order valence-electron chi connectivity index (χ4n) is 2.73. The Bertz CT molecular complexity index is 853. The van der Waals surface area contributed by atoms with E-state index >= 15 is 0 Å². The Hall–Kier alpha value is -2.67. The standard InChI is InChI=1S/C20H26N6S/c1-4-21-19(23-13-20(2,3)17-9-6-10-27-17)22-12-15-7-5-8-16(11-15)18-24-14-25-26-18/h5-11,14H,4,12-13H2,1-3H3,(H2,21,22,23)(H,24,25,26). The first-order valence-corrected chi connectivity index (χ1v) is 9.97. The maximum atomic E-state index is 4.74. The molecule has 0 saturated heterocycles. The molecule has 0 aliphatic heterocycles. The molecule has 0 spiro atoms. The number of hydrogen-bond acceptors (Lipinski definition) is 4. The van der Waals surface area contributed by atoms with Crippen LogP contribution in [0.5, 0.6) is 0 Å². The van der Waals surface area contributed by atoms with E-state index < -0.39 is 0 Å². The monoisotopic (exact) mass is 382 g/mol. The number of aromatic amines is 1. The zero-order valence-electron chi connectivity index (χ0n) is 16.0. The highest BCUT2D eigenvalue weighted by atomic mass is 32.1. The molecule has 0 amide bonds. The van der Waals surface area contributed by atoms with Crippen molar-refractivity contribution in [2.24, 2.45) is 4.99 Å². The summed E-state index contributed by atoms with van der Waals surface area (Å²) in [5, 5.41) is 15.7. The molecule has 3 aromatic rings. The molecule has 2 heterocycles. The predicted molar refractivity (Wildman–Crippen MR) is 112 cm³/mol. The van der Waals surface area contributed by atoms with Crippen molar-refractivity contribution in [2.75, 3.05) is 13.1 Å². The number of benzene rings is 1. The fourth-order valence-corrected chi connectivity index (χ4v) is 3.58. The number of H-pyrrole nitrogens is 1. The Balaban J connectivity index is 1.66. The Morgan fingerprint density at radius 3 is 2.81 bits per heavy atom. The molecule has 0 radical (unpaired) electrons. The van der Waals surface area contributed by atoms with Crippen molar-refractivity contribution < 1.29 is 0 Å². The minimum absolute atomic E-state index is 0.0521. The van der Waals surface area contributed by atoms with Gasteiger partial charge in [-0.15, -0.1) is 11.3 Å². The van der Waals surface area contributed by atoms with Crippen molar-refractivity contribution in [1.29, 1.82) is 0 Å². The molecular weight excluding hydrogens is 356 g/mol. The van der Waals surface area contributed by atoms with Gasteiger partial charge in [-0.3, -0.25) is 5.10 Å². The molecule has 0 atom stereocenters. The van der Waals surface area contributed by atoms with Crippen molar-refractivity contribution in [3.05, 3.63) is 58.5 Å². The second-order valence-electron chi connectivity index (χ2n) is 6.94. The largest absolute Gasteiger partial charge is 0.357 e. The highest BCUT2D eigenvalue weighted by molar-refractivity contribution is 7.10. The molecule has 0 aliphatic carbocycles. The van der Waals surface area contributed by atoms with Crippen LogP contribution in [-0.2, 0) is 12.0 Å². The molecule has 0 unspecified atom stereocenters. The van der Waals surface area contributed by atoms with Crippen molar-refractivity contribution in [3.63, 3.8) is 0 Å². The van der Waals surface area contributed by atoms with Gasteiger partial charge in [0.05, 0.1) is 6.54 Å². The number of nitrogens with one attached hydrogen (secondary N) is 3. The highest BCUT2D eigenvalue weighted by Gasteiger charge is 2.21. The van der Waals surface area contributed by atoms with Crippen LogP contribution in [-0.4, -0.2) is 34.2 Å². The molecule has 0 saturated carbocycles. The van der Waals surface area contributed by atoms with E-state index in [2.05, 4.69) is 76.2 Å². The molecular formula is C20H26N6S. The lowest BCUT2D eigenvalue weighted by atomic mass is 9.91. The number of guanidine groups is 1. The number of aliphatic imine (C=N–C) groups is 1. The second-order valence-corrected chi connectivity index (χ2v) is 7.89. The van der Waals surface area contributed by atoms with E-state index in [1.807, 2.05) is 12.1 Å². The van der Waals surface area contributed by atoms with Crippen molar-refractivity contribution in [1.82, 2.24) is 25.8 Å². The lowest BCUT2D eigenvalue weighted by molar-refractivity contribution is 0.518. The first-order valence-electron chi connectivity index (χ1n) is 9.09. The van der Waals surface area contributed by atoms with Crippen LogP contribution in [0.4, 0.5) is 0 Å². The quantitative estimate of drug-likeness (QED) is 0.431. The number of nitrogens with zero attached hydrogens (tertiary/aromatic N) is 3. The number of rotatable bonds is 7. The van der Waals surface area contributed by atoms with Crippen LogP contribution in [0, 0.1) is 0 Å². The van der Waals surface area contributed by atoms with Gasteiger partial charge >= 0.3 is 0 Å². The van der Waals surface area contributed by atoms with Crippen LogP contribution in [0.25, 0.3) is 11.4 Å². The van der Waals surface area contributed by atoms with Crippen LogP contribution in [0.15, 0.2) is 53.1 Å². The van der Waals surface area contributed by atoms with Crippen molar-refractivity contribution in [2.45, 2.75) is 32.7 Å². The molecule has 0 aliphatic rings. The summed E-state index contributed by atoms with van der Waals surface area (Å²) >= 11 is 1.79. The van der Waals surface area contributed by atoms with Crippen molar-refractivity contribution in [3.8, 4) is 11.4 Å². The third-order valence-corrected chi connectivity index (χ3v) is 5.50. The van der Waals surface area contributed by atoms with E-state index in [9.17, 15) is 0 Å². The van der Waals surface area contributed by atoms with E-state index in [4.69, 9.17) is 4.99 Å². The third kappa shape index (κ3) is 5.17. The molecule has 2 aromatic heterocycles. The smallest absolute Gasteiger partial charge is 0.191 e. The third-order valence-electron chi connectivity index (χ3n) is 4.27. The lowest BCUT2D eigenvalue weighted by Crippen LogP contribution is -2.43. The molecule has 0 fully saturated rings. The normalized spacial score (nSPS) is 12.2. The van der Waals surface area contributed by atoms with E-state index in [0.29, 0.717) is 6.54 Å². The van der Waals surface area contributed by atoms with Gasteiger partial charge in [0, 0.05) is 28.9 Å². The summed E-state index contributed by atoms with van der Waals surface area (Å²) in [4.78, 5) is 10.3. The van der Waals surface area contributed by atoms with Crippen LogP contribution in [0.1, 0.15) is 31.2 Å². The fraction of sp³-hybridized carbons (Fsp3) is 0.350. The summed E-state index contributed by atoms with van der Waals surface area (Å²) < 4.78 is 0. The van der Waals surface area contributed by atoms with Gasteiger partial charge in [-0.1, -0.05) is 38.1 Å². The molecule has 6 nitrogen and oxygen atoms in total. The SMILES string of the molecule is CCNC(=NCc1cccc(-c2ncn[nH]2)c1)NCC(C)(C)c1cccs1. The Morgan fingerprint density at radius 2 is 2.11 bits per heavy atom. The summed E-state index contributed by atoms with van der Waals surface area (Å²) in [6.07, 6.45) is 1.52. The Labute approximate surface area is 164 Å². The Morgan fingerprint density at radius 1 is 1.22 bits per heavy atom. The Kier molecular flexibility index (Phi) is 6.24. The minimum Gasteiger partial charge on any atom is -0.357 e. The molecule has 1 aromatic carbocycles. The van der Waals surface area contributed by atoms with Crippen LogP contribution in [0.2, 0.25) is 0 Å². The number of hydrogen-bond donors (Lipinski definition) is 3. The van der Waals surface area contributed by atoms with Gasteiger partial charge in [-0.2, -0.15) is 5.10 Å². The van der Waals surface area contributed by atoms with E-state index in [0.717, 1.165) is 36.0 Å². The molecule has 142 valence electrons. The minimum atomic E-state index is 0.0521. The first-order chi connectivity index (χ1) is 13.1. The summed E-state index contributed by atoms with van der Waals surface area (Å²) in [6.45, 7) is 8.80. The van der Waals surface area contributed by atoms with Crippen LogP contribution in [0.3, 0.4) is 0 Å². The maximum Gasteiger partial charge on any atom is 0.191 e. The second kappa shape index (κ2) is 8.81. The molecule has 3 rings (SSSR count). The molecule has 27 heavy (non-hydrogen) atoms. The molecule has 0 bridgehead atoms. The van der Waals surface area contributed by atoms with Gasteiger partial charge in [0.15, 0.2) is 11.8 Å². The lowest BCUT2D eigenvalue weighted by Gasteiger charge is -2.25. The van der Waals surface area contributed by atoms with Gasteiger partial charge in [0.2, 0.25) is 0 Å². The molecule has 3 N–H and O–H groups in total. The number of thiophene rings is 1. The molecule has 7 heteroatoms. The predicted octanol–water partition coefficient (Wildman–Crippen LogP) is 3.57.